The van der Waals surface area contributed by atoms with Crippen molar-refractivity contribution >= 4 is 29.3 Å². The van der Waals surface area contributed by atoms with Gasteiger partial charge in [0.05, 0.1) is 6.54 Å². The van der Waals surface area contributed by atoms with E-state index in [4.69, 9.17) is 9.84 Å². The molecule has 0 spiro atoms. The molecule has 3 N–H and O–H groups in total. The molecule has 1 atom stereocenters. The Balaban J connectivity index is 1.25. The zero-order valence-electron chi connectivity index (χ0n) is 18.8. The van der Waals surface area contributed by atoms with E-state index < -0.39 is 18.1 Å². The number of aromatic carboxylic acids is 1. The summed E-state index contributed by atoms with van der Waals surface area (Å²) < 4.78 is 5.51. The Labute approximate surface area is 201 Å². The third kappa shape index (κ3) is 5.09. The van der Waals surface area contributed by atoms with Crippen molar-refractivity contribution in [2.45, 2.75) is 38.8 Å². The van der Waals surface area contributed by atoms with Gasteiger partial charge >= 0.3 is 12.1 Å². The number of alkyl carbamates (subject to hydrolysis) is 1. The normalized spacial score (nSPS) is 13.0. The van der Waals surface area contributed by atoms with E-state index in [9.17, 15) is 14.4 Å². The molecule has 8 nitrogen and oxygen atoms in total. The Hall–Kier alpha value is -3.72. The fourth-order valence-electron chi connectivity index (χ4n) is 4.14. The predicted octanol–water partition coefficient (Wildman–Crippen LogP) is 4.08. The van der Waals surface area contributed by atoms with E-state index >= 15 is 0 Å². The van der Waals surface area contributed by atoms with Crippen LogP contribution in [0.1, 0.15) is 50.8 Å². The molecule has 2 amide bonds. The van der Waals surface area contributed by atoms with Crippen LogP contribution >= 0.6 is 11.3 Å². The molecule has 1 aliphatic carbocycles. The predicted molar refractivity (Wildman–Crippen MR) is 128 cm³/mol. The number of thiazole rings is 1. The molecule has 176 valence electrons. The number of carbonyl (C=O) groups is 3. The maximum atomic E-state index is 12.4. The van der Waals surface area contributed by atoms with E-state index in [0.717, 1.165) is 22.3 Å². The molecule has 0 saturated carbocycles. The lowest BCUT2D eigenvalue weighted by molar-refractivity contribution is -0.121. The first-order valence-corrected chi connectivity index (χ1v) is 11.7. The van der Waals surface area contributed by atoms with Crippen molar-refractivity contribution in [3.05, 3.63) is 75.2 Å². The average Bonchev–Trinajstić information content (AvgIpc) is 3.34. The summed E-state index contributed by atoms with van der Waals surface area (Å²) in [5.74, 6) is -1.40. The second kappa shape index (κ2) is 10.0. The zero-order valence-corrected chi connectivity index (χ0v) is 19.6. The van der Waals surface area contributed by atoms with Gasteiger partial charge in [-0.3, -0.25) is 4.79 Å². The highest BCUT2D eigenvalue weighted by molar-refractivity contribution is 7.11. The van der Waals surface area contributed by atoms with E-state index in [1.165, 1.54) is 11.3 Å². The van der Waals surface area contributed by atoms with E-state index in [1.807, 2.05) is 24.3 Å². The number of amides is 2. The summed E-state index contributed by atoms with van der Waals surface area (Å²) in [5.41, 5.74) is 4.57. The Bertz CT molecular complexity index is 1190. The number of nitrogens with zero attached hydrogens (tertiary/aromatic N) is 1. The van der Waals surface area contributed by atoms with Gasteiger partial charge in [-0.25, -0.2) is 14.6 Å². The van der Waals surface area contributed by atoms with Crippen molar-refractivity contribution < 1.29 is 24.2 Å². The second-order valence-corrected chi connectivity index (χ2v) is 9.46. The molecule has 1 unspecified atom stereocenters. The van der Waals surface area contributed by atoms with Gasteiger partial charge in [0.15, 0.2) is 5.69 Å². The lowest BCUT2D eigenvalue weighted by Crippen LogP contribution is -2.37. The summed E-state index contributed by atoms with van der Waals surface area (Å²) in [7, 11) is 0. The number of ether oxygens (including phenoxy) is 1. The first-order chi connectivity index (χ1) is 16.3. The highest BCUT2D eigenvalue weighted by Crippen LogP contribution is 2.44. The molecule has 0 fully saturated rings. The van der Waals surface area contributed by atoms with Crippen LogP contribution in [-0.4, -0.2) is 40.7 Å². The molecule has 0 radical (unpaired) electrons. The number of carbonyl (C=O) groups excluding carboxylic acids is 2. The van der Waals surface area contributed by atoms with Gasteiger partial charge in [0.2, 0.25) is 5.91 Å². The van der Waals surface area contributed by atoms with Crippen LogP contribution in [-0.2, 0) is 16.1 Å². The summed E-state index contributed by atoms with van der Waals surface area (Å²) in [5, 5.41) is 15.0. The third-order valence-corrected chi connectivity index (χ3v) is 6.65. The van der Waals surface area contributed by atoms with Crippen LogP contribution in [0.3, 0.4) is 0 Å². The molecule has 4 rings (SSSR count). The first-order valence-electron chi connectivity index (χ1n) is 10.9. The van der Waals surface area contributed by atoms with E-state index in [-0.39, 0.29) is 37.1 Å². The van der Waals surface area contributed by atoms with Crippen LogP contribution in [0.4, 0.5) is 4.79 Å². The molecule has 1 heterocycles. The Morgan fingerprint density at radius 1 is 1.09 bits per heavy atom. The molecule has 9 heteroatoms. The molecule has 2 aromatic carbocycles. The minimum atomic E-state index is -1.09. The number of benzene rings is 2. The van der Waals surface area contributed by atoms with Crippen molar-refractivity contribution in [3.63, 3.8) is 0 Å². The molecule has 0 saturated heterocycles. The van der Waals surface area contributed by atoms with Crippen LogP contribution < -0.4 is 10.6 Å². The van der Waals surface area contributed by atoms with Crippen LogP contribution in [0.15, 0.2) is 48.5 Å². The van der Waals surface area contributed by atoms with Crippen molar-refractivity contribution in [1.29, 1.82) is 0 Å². The maximum Gasteiger partial charge on any atom is 0.407 e. The number of hydrogen-bond acceptors (Lipinski definition) is 6. The highest BCUT2D eigenvalue weighted by atomic mass is 32.1. The summed E-state index contributed by atoms with van der Waals surface area (Å²) in [6.45, 7) is 3.73. The van der Waals surface area contributed by atoms with Gasteiger partial charge in [0.1, 0.15) is 11.6 Å². The number of nitrogens with one attached hydrogen (secondary N) is 2. The van der Waals surface area contributed by atoms with Gasteiger partial charge in [-0.2, -0.15) is 0 Å². The monoisotopic (exact) mass is 479 g/mol. The second-order valence-electron chi connectivity index (χ2n) is 8.17. The largest absolute Gasteiger partial charge is 0.476 e. The summed E-state index contributed by atoms with van der Waals surface area (Å²) in [4.78, 5) is 40.3. The van der Waals surface area contributed by atoms with Crippen LogP contribution in [0.5, 0.6) is 0 Å². The minimum absolute atomic E-state index is 0.000427. The van der Waals surface area contributed by atoms with Gasteiger partial charge in [0.25, 0.3) is 0 Å². The third-order valence-electron chi connectivity index (χ3n) is 5.68. The van der Waals surface area contributed by atoms with Crippen molar-refractivity contribution in [2.24, 2.45) is 0 Å². The number of carboxylic acids is 1. The Kier molecular flexibility index (Phi) is 6.93. The van der Waals surface area contributed by atoms with Crippen molar-refractivity contribution in [1.82, 2.24) is 15.6 Å². The van der Waals surface area contributed by atoms with Gasteiger partial charge in [-0.15, -0.1) is 11.3 Å². The Morgan fingerprint density at radius 2 is 1.71 bits per heavy atom. The summed E-state index contributed by atoms with van der Waals surface area (Å²) in [6.07, 6.45) is -0.524. The molecule has 3 aromatic rings. The van der Waals surface area contributed by atoms with Crippen LogP contribution in [0, 0.1) is 6.92 Å². The molecular weight excluding hydrogens is 454 g/mol. The number of fused-ring (bicyclic) bond motifs is 3. The molecule has 34 heavy (non-hydrogen) atoms. The topological polar surface area (TPSA) is 118 Å². The lowest BCUT2D eigenvalue weighted by Gasteiger charge is -2.17. The maximum absolute atomic E-state index is 12.4. The molecule has 0 bridgehead atoms. The van der Waals surface area contributed by atoms with E-state index in [1.54, 1.807) is 13.8 Å². The van der Waals surface area contributed by atoms with Gasteiger partial charge < -0.3 is 20.5 Å². The quantitative estimate of drug-likeness (QED) is 0.448. The molecular formula is C25H25N3O5S. The molecule has 0 aliphatic heterocycles. The first kappa shape index (κ1) is 23.4. The molecule has 1 aliphatic rings. The van der Waals surface area contributed by atoms with Gasteiger partial charge in [-0.05, 0) is 36.1 Å². The van der Waals surface area contributed by atoms with Crippen molar-refractivity contribution in [3.8, 4) is 11.1 Å². The number of aryl methyl sites for hydroxylation is 1. The standard InChI is InChI=1S/C25H25N3O5S/c1-14(11-21(29)26-12-22-28-23(24(30)31)15(2)34-22)27-25(32)33-13-20-18-9-5-3-7-16(18)17-8-4-6-10-19(17)20/h3-10,14,20H,11-13H2,1-2H3,(H,26,29)(H,27,32)(H,30,31). The number of carboxylic acid groups (broad SMARTS) is 1. The number of rotatable bonds is 8. The SMILES string of the molecule is Cc1sc(CNC(=O)CC(C)NC(=O)OCC2c3ccccc3-c3ccccc32)nc1C(=O)O. The Morgan fingerprint density at radius 3 is 2.29 bits per heavy atom. The smallest absolute Gasteiger partial charge is 0.407 e. The van der Waals surface area contributed by atoms with Gasteiger partial charge in [-0.1, -0.05) is 48.5 Å². The molecule has 1 aromatic heterocycles. The zero-order chi connectivity index (χ0) is 24.2. The van der Waals surface area contributed by atoms with Crippen LogP contribution in [0.2, 0.25) is 0 Å². The summed E-state index contributed by atoms with van der Waals surface area (Å²) in [6, 6.07) is 15.8. The fourth-order valence-corrected chi connectivity index (χ4v) is 5.01. The lowest BCUT2D eigenvalue weighted by atomic mass is 9.98. The van der Waals surface area contributed by atoms with Crippen LogP contribution in [0.25, 0.3) is 11.1 Å². The van der Waals surface area contributed by atoms with Crippen molar-refractivity contribution in [2.75, 3.05) is 6.61 Å². The van der Waals surface area contributed by atoms with E-state index in [0.29, 0.717) is 9.88 Å². The summed E-state index contributed by atoms with van der Waals surface area (Å²) >= 11 is 1.23. The average molecular weight is 480 g/mol. The number of hydrogen-bond donors (Lipinski definition) is 3. The minimum Gasteiger partial charge on any atom is -0.476 e. The van der Waals surface area contributed by atoms with E-state index in [2.05, 4.69) is 39.9 Å². The highest BCUT2D eigenvalue weighted by Gasteiger charge is 2.29. The van der Waals surface area contributed by atoms with Gasteiger partial charge in [0, 0.05) is 23.3 Å². The number of aromatic nitrogens is 1. The fraction of sp³-hybridized carbons (Fsp3) is 0.280.